The van der Waals surface area contributed by atoms with Gasteiger partial charge in [0.25, 0.3) is 0 Å². The molecule has 1 unspecified atom stereocenters. The molecule has 3 saturated heterocycles. The van der Waals surface area contributed by atoms with Crippen LogP contribution in [0, 0.1) is 5.92 Å². The van der Waals surface area contributed by atoms with E-state index in [1.165, 1.54) is 38.8 Å². The summed E-state index contributed by atoms with van der Waals surface area (Å²) >= 11 is 0. The van der Waals surface area contributed by atoms with Gasteiger partial charge in [-0.25, -0.2) is 0 Å². The number of rotatable bonds is 3. The van der Waals surface area contributed by atoms with Crippen molar-refractivity contribution in [2.45, 2.75) is 51.0 Å². The molecule has 2 N–H and O–H groups in total. The van der Waals surface area contributed by atoms with Crippen LogP contribution < -0.4 is 5.73 Å². The van der Waals surface area contributed by atoms with E-state index in [0.717, 1.165) is 57.6 Å². The van der Waals surface area contributed by atoms with E-state index in [4.69, 9.17) is 15.5 Å². The topological polar surface area (TPSA) is 54.1 Å². The third-order valence-corrected chi connectivity index (χ3v) is 5.72. The zero-order chi connectivity index (χ0) is 15.4. The van der Waals surface area contributed by atoms with Crippen LogP contribution in [0.15, 0.2) is 4.99 Å². The van der Waals surface area contributed by atoms with E-state index in [1.54, 1.807) is 0 Å². The molecule has 0 bridgehead atoms. The van der Waals surface area contributed by atoms with Gasteiger partial charge in [-0.1, -0.05) is 6.92 Å². The van der Waals surface area contributed by atoms with Gasteiger partial charge in [0.15, 0.2) is 5.96 Å². The molecular weight excluding hydrogens is 403 g/mol. The Kier molecular flexibility index (Phi) is 7.41. The lowest BCUT2D eigenvalue weighted by Gasteiger charge is -2.44. The van der Waals surface area contributed by atoms with Gasteiger partial charge >= 0.3 is 0 Å². The summed E-state index contributed by atoms with van der Waals surface area (Å²) in [5.41, 5.74) is 6.51. The minimum Gasteiger partial charge on any atom is -0.381 e. The second-order valence-corrected chi connectivity index (χ2v) is 7.40. The highest BCUT2D eigenvalue weighted by atomic mass is 127. The number of guanidine groups is 1. The Hall–Kier alpha value is -0.0800. The highest BCUT2D eigenvalue weighted by Crippen LogP contribution is 2.31. The molecule has 23 heavy (non-hydrogen) atoms. The molecule has 0 aromatic heterocycles. The zero-order valence-corrected chi connectivity index (χ0v) is 16.8. The average Bonchev–Trinajstić information content (AvgIpc) is 3.09. The van der Waals surface area contributed by atoms with Crippen LogP contribution in [-0.4, -0.2) is 67.2 Å². The Labute approximate surface area is 158 Å². The minimum atomic E-state index is 0. The lowest BCUT2D eigenvalue weighted by atomic mass is 9.88. The molecule has 0 spiro atoms. The number of nitrogens with zero attached hydrogens (tertiary/aromatic N) is 3. The Morgan fingerprint density at radius 3 is 2.52 bits per heavy atom. The van der Waals surface area contributed by atoms with Crippen molar-refractivity contribution in [1.82, 2.24) is 9.80 Å². The summed E-state index contributed by atoms with van der Waals surface area (Å²) in [6.07, 6.45) is 7.40. The molecule has 6 heteroatoms. The second kappa shape index (κ2) is 8.85. The Morgan fingerprint density at radius 1 is 1.17 bits per heavy atom. The summed E-state index contributed by atoms with van der Waals surface area (Å²) in [7, 11) is 0. The molecule has 0 aromatic carbocycles. The number of aliphatic imine (C=N–C) groups is 1. The van der Waals surface area contributed by atoms with E-state index >= 15 is 0 Å². The maximum atomic E-state index is 6.31. The van der Waals surface area contributed by atoms with Gasteiger partial charge in [0, 0.05) is 31.8 Å². The van der Waals surface area contributed by atoms with Crippen molar-refractivity contribution in [3.63, 3.8) is 0 Å². The molecule has 3 aliphatic rings. The van der Waals surface area contributed by atoms with E-state index in [9.17, 15) is 0 Å². The standard InChI is InChI=1S/C17H32N4O.HI/c1-15-5-4-8-20(13-15)16(18)19-14-17(6-11-22-12-7-17)21-9-2-3-10-21;/h15H,2-14H2,1H3,(H2,18,19);1H. The average molecular weight is 436 g/mol. The first-order chi connectivity index (χ1) is 10.7. The van der Waals surface area contributed by atoms with Gasteiger partial charge in [-0.15, -0.1) is 24.0 Å². The number of hydrogen-bond acceptors (Lipinski definition) is 3. The van der Waals surface area contributed by atoms with Gasteiger partial charge < -0.3 is 15.4 Å². The van der Waals surface area contributed by atoms with Crippen LogP contribution in [0.5, 0.6) is 0 Å². The normalized spacial score (nSPS) is 29.3. The SMILES string of the molecule is CC1CCCN(C(N)=NCC2(N3CCCC3)CCOCC2)C1.I. The molecule has 134 valence electrons. The van der Waals surface area contributed by atoms with Crippen LogP contribution >= 0.6 is 24.0 Å². The van der Waals surface area contributed by atoms with E-state index in [-0.39, 0.29) is 29.5 Å². The summed E-state index contributed by atoms with van der Waals surface area (Å²) in [6, 6.07) is 0. The molecule has 5 nitrogen and oxygen atoms in total. The molecule has 0 saturated carbocycles. The second-order valence-electron chi connectivity index (χ2n) is 7.40. The van der Waals surface area contributed by atoms with Crippen molar-refractivity contribution in [3.8, 4) is 0 Å². The lowest BCUT2D eigenvalue weighted by molar-refractivity contribution is -0.0139. The lowest BCUT2D eigenvalue weighted by Crippen LogP contribution is -2.54. The third-order valence-electron chi connectivity index (χ3n) is 5.72. The fourth-order valence-corrected chi connectivity index (χ4v) is 4.24. The van der Waals surface area contributed by atoms with E-state index in [2.05, 4.69) is 16.7 Å². The van der Waals surface area contributed by atoms with Crippen molar-refractivity contribution >= 4 is 29.9 Å². The Morgan fingerprint density at radius 2 is 1.87 bits per heavy atom. The molecule has 3 aliphatic heterocycles. The molecule has 0 radical (unpaired) electrons. The highest BCUT2D eigenvalue weighted by Gasteiger charge is 2.39. The minimum absolute atomic E-state index is 0. The molecule has 3 heterocycles. The predicted molar refractivity (Wildman–Crippen MR) is 105 cm³/mol. The van der Waals surface area contributed by atoms with Gasteiger partial charge in [-0.3, -0.25) is 9.89 Å². The maximum Gasteiger partial charge on any atom is 0.191 e. The van der Waals surface area contributed by atoms with E-state index in [0.29, 0.717) is 0 Å². The van der Waals surface area contributed by atoms with Gasteiger partial charge in [-0.2, -0.15) is 0 Å². The molecular formula is C17H33IN4O. The summed E-state index contributed by atoms with van der Waals surface area (Å²) < 4.78 is 5.60. The first kappa shape index (κ1) is 19.2. The Balaban J connectivity index is 0.00000192. The van der Waals surface area contributed by atoms with E-state index in [1.807, 2.05) is 0 Å². The summed E-state index contributed by atoms with van der Waals surface area (Å²) in [6.45, 7) is 9.46. The molecule has 0 aromatic rings. The number of nitrogens with two attached hydrogens (primary N) is 1. The number of halogens is 1. The molecule has 3 fully saturated rings. The van der Waals surface area contributed by atoms with E-state index < -0.39 is 0 Å². The van der Waals surface area contributed by atoms with Crippen LogP contribution in [0.1, 0.15) is 45.4 Å². The maximum absolute atomic E-state index is 6.31. The van der Waals surface area contributed by atoms with Crippen molar-refractivity contribution in [3.05, 3.63) is 0 Å². The highest BCUT2D eigenvalue weighted by molar-refractivity contribution is 14.0. The number of likely N-dealkylation sites (tertiary alicyclic amines) is 2. The van der Waals surface area contributed by atoms with Crippen molar-refractivity contribution in [2.75, 3.05) is 45.9 Å². The molecule has 0 aliphatic carbocycles. The molecule has 3 rings (SSSR count). The third kappa shape index (κ3) is 4.72. The van der Waals surface area contributed by atoms with Crippen molar-refractivity contribution in [1.29, 1.82) is 0 Å². The quantitative estimate of drug-likeness (QED) is 0.419. The first-order valence-electron chi connectivity index (χ1n) is 9.07. The zero-order valence-electron chi connectivity index (χ0n) is 14.5. The largest absolute Gasteiger partial charge is 0.381 e. The van der Waals surface area contributed by atoms with Crippen LogP contribution in [0.25, 0.3) is 0 Å². The van der Waals surface area contributed by atoms with Gasteiger partial charge in [0.1, 0.15) is 0 Å². The van der Waals surface area contributed by atoms with Crippen molar-refractivity contribution in [2.24, 2.45) is 16.6 Å². The van der Waals surface area contributed by atoms with Crippen LogP contribution in [0.3, 0.4) is 0 Å². The van der Waals surface area contributed by atoms with Crippen LogP contribution in [0.4, 0.5) is 0 Å². The van der Waals surface area contributed by atoms with Gasteiger partial charge in [0.2, 0.25) is 0 Å². The summed E-state index contributed by atoms with van der Waals surface area (Å²) in [5, 5.41) is 0. The van der Waals surface area contributed by atoms with Crippen molar-refractivity contribution < 1.29 is 4.74 Å². The summed E-state index contributed by atoms with van der Waals surface area (Å²) in [4.78, 5) is 9.79. The Bertz CT molecular complexity index is 392. The number of piperidine rings is 1. The number of hydrogen-bond donors (Lipinski definition) is 1. The summed E-state index contributed by atoms with van der Waals surface area (Å²) in [5.74, 6) is 1.50. The van der Waals surface area contributed by atoms with Crippen LogP contribution in [0.2, 0.25) is 0 Å². The number of ether oxygens (including phenoxy) is 1. The molecule has 0 amide bonds. The monoisotopic (exact) mass is 436 g/mol. The van der Waals surface area contributed by atoms with Gasteiger partial charge in [-0.05, 0) is 57.5 Å². The first-order valence-corrected chi connectivity index (χ1v) is 9.07. The van der Waals surface area contributed by atoms with Crippen LogP contribution in [-0.2, 0) is 4.74 Å². The fraction of sp³-hybridized carbons (Fsp3) is 0.941. The fourth-order valence-electron chi connectivity index (χ4n) is 4.24. The smallest absolute Gasteiger partial charge is 0.191 e. The predicted octanol–water partition coefficient (Wildman–Crippen LogP) is 2.30. The molecule has 1 atom stereocenters. The van der Waals surface area contributed by atoms with Gasteiger partial charge in [0.05, 0.1) is 6.54 Å².